The van der Waals surface area contributed by atoms with E-state index in [0.29, 0.717) is 0 Å². The molecule has 2 heteroatoms. The van der Waals surface area contributed by atoms with Crippen LogP contribution >= 0.6 is 0 Å². The van der Waals surface area contributed by atoms with Gasteiger partial charge in [0.2, 0.25) is 0 Å². The summed E-state index contributed by atoms with van der Waals surface area (Å²) in [6.45, 7) is 4.67. The highest BCUT2D eigenvalue weighted by Crippen LogP contribution is 2.48. The molecule has 2 nitrogen and oxygen atoms in total. The van der Waals surface area contributed by atoms with Crippen molar-refractivity contribution in [2.24, 2.45) is 5.41 Å². The van der Waals surface area contributed by atoms with E-state index in [9.17, 15) is 1.37 Å². The van der Waals surface area contributed by atoms with Gasteiger partial charge in [-0.2, -0.15) is 0 Å². The van der Waals surface area contributed by atoms with Crippen molar-refractivity contribution < 1.29 is 5.79 Å². The van der Waals surface area contributed by atoms with Gasteiger partial charge in [-0.3, -0.25) is 4.98 Å². The van der Waals surface area contributed by atoms with Gasteiger partial charge in [-0.25, -0.2) is 0 Å². The van der Waals surface area contributed by atoms with Crippen LogP contribution in [0.4, 0.5) is 0 Å². The summed E-state index contributed by atoms with van der Waals surface area (Å²) in [7, 11) is 0. The average Bonchev–Trinajstić information content (AvgIpc) is 3.34. The minimum absolute atomic E-state index is 0.287. The molecular formula is C35H29NO. The van der Waals surface area contributed by atoms with Crippen LogP contribution in [0.1, 0.15) is 52.4 Å². The molecule has 37 heavy (non-hydrogen) atoms. The van der Waals surface area contributed by atoms with Gasteiger partial charge >= 0.3 is 0 Å². The number of fused-ring (bicyclic) bond motifs is 12. The van der Waals surface area contributed by atoms with Crippen LogP contribution < -0.4 is 0 Å². The maximum absolute atomic E-state index is 9.77. The third-order valence-electron chi connectivity index (χ3n) is 8.79. The molecule has 7 aromatic rings. The zero-order chi connectivity index (χ0) is 25.6. The van der Waals surface area contributed by atoms with Crippen LogP contribution in [0.2, 0.25) is 0 Å². The van der Waals surface area contributed by atoms with Gasteiger partial charge in [-0.15, -0.1) is 0 Å². The summed E-state index contributed by atoms with van der Waals surface area (Å²) < 4.78 is 16.5. The predicted octanol–water partition coefficient (Wildman–Crippen LogP) is 10.3. The SMILES string of the molecule is [2H]C1(c2ccnc3c4ccccc4c4ccc5c(oc6ccc7ccccc7c65)c4c23)CCC(C)(C)CC1. The Bertz CT molecular complexity index is 2070. The first-order valence-corrected chi connectivity index (χ1v) is 13.4. The largest absolute Gasteiger partial charge is 0.455 e. The molecule has 0 atom stereocenters. The summed E-state index contributed by atoms with van der Waals surface area (Å²) in [6.07, 6.45) is 5.73. The molecule has 0 radical (unpaired) electrons. The van der Waals surface area contributed by atoms with E-state index in [-0.39, 0.29) is 5.41 Å². The van der Waals surface area contributed by atoms with Crippen molar-refractivity contribution in [3.63, 3.8) is 0 Å². The first-order valence-electron chi connectivity index (χ1n) is 13.9. The summed E-state index contributed by atoms with van der Waals surface area (Å²) >= 11 is 0. The molecule has 0 amide bonds. The fraction of sp³-hybridized carbons (Fsp3) is 0.229. The average molecular weight is 481 g/mol. The lowest BCUT2D eigenvalue weighted by molar-refractivity contribution is 0.225. The van der Waals surface area contributed by atoms with Crippen molar-refractivity contribution in [3.8, 4) is 0 Å². The Morgan fingerprint density at radius 2 is 1.46 bits per heavy atom. The predicted molar refractivity (Wildman–Crippen MR) is 157 cm³/mol. The molecule has 2 heterocycles. The summed E-state index contributed by atoms with van der Waals surface area (Å²) in [5, 5.41) is 10.4. The van der Waals surface area contributed by atoms with Gasteiger partial charge < -0.3 is 4.42 Å². The molecule has 0 bridgehead atoms. The molecule has 180 valence electrons. The fourth-order valence-corrected chi connectivity index (χ4v) is 6.72. The number of hydrogen-bond donors (Lipinski definition) is 0. The van der Waals surface area contributed by atoms with Gasteiger partial charge in [-0.1, -0.05) is 74.5 Å². The van der Waals surface area contributed by atoms with Crippen LogP contribution in [0, 0.1) is 5.41 Å². The molecule has 0 saturated heterocycles. The van der Waals surface area contributed by atoms with Crippen LogP contribution in [-0.2, 0) is 0 Å². The van der Waals surface area contributed by atoms with Crippen molar-refractivity contribution in [2.45, 2.75) is 45.4 Å². The molecule has 8 rings (SSSR count). The van der Waals surface area contributed by atoms with Gasteiger partial charge in [-0.05, 0) is 82.3 Å². The molecule has 0 N–H and O–H groups in total. The first kappa shape index (κ1) is 20.2. The standard InChI is InChI=1S/C35H29NO/c1-35(2)18-15-22(16-19-35)24-17-20-36-33-27-10-6-5-9-25(27)26-12-13-28-30-23-8-4-3-7-21(23)11-14-29(30)37-34(28)32(26)31(24)33/h3-14,17,20,22H,15-16,18-19H2,1-2H3/i22D. The molecule has 0 unspecified atom stereocenters. The maximum Gasteiger partial charge on any atom is 0.143 e. The van der Waals surface area contributed by atoms with E-state index >= 15 is 0 Å². The quantitative estimate of drug-likeness (QED) is 0.218. The topological polar surface area (TPSA) is 26.0 Å². The number of benzene rings is 5. The Morgan fingerprint density at radius 3 is 2.30 bits per heavy atom. The number of aromatic nitrogens is 1. The second-order valence-corrected chi connectivity index (χ2v) is 11.5. The zero-order valence-electron chi connectivity index (χ0n) is 22.3. The Hall–Kier alpha value is -3.91. The second kappa shape index (κ2) is 7.55. The van der Waals surface area contributed by atoms with Crippen LogP contribution in [-0.4, -0.2) is 4.98 Å². The first-order chi connectivity index (χ1) is 18.4. The lowest BCUT2D eigenvalue weighted by Gasteiger charge is -2.35. The van der Waals surface area contributed by atoms with E-state index in [0.717, 1.165) is 80.2 Å². The van der Waals surface area contributed by atoms with Gasteiger partial charge in [0.15, 0.2) is 0 Å². The van der Waals surface area contributed by atoms with Gasteiger partial charge in [0.1, 0.15) is 11.2 Å². The molecule has 0 spiro atoms. The summed E-state index contributed by atoms with van der Waals surface area (Å²) in [5.74, 6) is -0.646. The highest BCUT2D eigenvalue weighted by molar-refractivity contribution is 6.33. The molecule has 5 aromatic carbocycles. The summed E-state index contributed by atoms with van der Waals surface area (Å²) in [4.78, 5) is 4.96. The van der Waals surface area contributed by atoms with E-state index in [1.165, 1.54) is 16.2 Å². The number of hydrogen-bond acceptors (Lipinski definition) is 2. The van der Waals surface area contributed by atoms with Crippen LogP contribution in [0.15, 0.2) is 89.5 Å². The Morgan fingerprint density at radius 1 is 0.730 bits per heavy atom. The van der Waals surface area contributed by atoms with E-state index in [1.54, 1.807) is 0 Å². The van der Waals surface area contributed by atoms with Crippen molar-refractivity contribution in [1.29, 1.82) is 0 Å². The molecule has 1 aliphatic rings. The van der Waals surface area contributed by atoms with Crippen molar-refractivity contribution in [3.05, 3.63) is 90.6 Å². The van der Waals surface area contributed by atoms with Gasteiger partial charge in [0.25, 0.3) is 0 Å². The second-order valence-electron chi connectivity index (χ2n) is 11.5. The van der Waals surface area contributed by atoms with E-state index in [4.69, 9.17) is 9.40 Å². The minimum Gasteiger partial charge on any atom is -0.455 e. The summed E-state index contributed by atoms with van der Waals surface area (Å²) in [6, 6.07) is 27.9. The lowest BCUT2D eigenvalue weighted by Crippen LogP contribution is -2.20. The Labute approximate surface area is 217 Å². The molecule has 2 aromatic heterocycles. The summed E-state index contributed by atoms with van der Waals surface area (Å²) in [5.41, 5.74) is 4.15. The molecule has 1 saturated carbocycles. The third kappa shape index (κ3) is 3.02. The van der Waals surface area contributed by atoms with Gasteiger partial charge in [0.05, 0.1) is 5.52 Å². The highest BCUT2D eigenvalue weighted by Gasteiger charge is 2.30. The zero-order valence-corrected chi connectivity index (χ0v) is 21.3. The third-order valence-corrected chi connectivity index (χ3v) is 8.79. The number of furan rings is 1. The minimum atomic E-state index is -0.646. The molecule has 1 aliphatic carbocycles. The van der Waals surface area contributed by atoms with Crippen LogP contribution in [0.5, 0.6) is 0 Å². The molecular weight excluding hydrogens is 450 g/mol. The van der Waals surface area contributed by atoms with E-state index in [1.807, 2.05) is 6.20 Å². The van der Waals surface area contributed by atoms with Gasteiger partial charge in [0, 0.05) is 34.5 Å². The Balaban J connectivity index is 1.59. The van der Waals surface area contributed by atoms with Crippen LogP contribution in [0.3, 0.4) is 0 Å². The number of rotatable bonds is 1. The molecule has 1 fully saturated rings. The number of pyridine rings is 1. The lowest BCUT2D eigenvalue weighted by atomic mass is 9.70. The molecule has 0 aliphatic heterocycles. The normalized spacial score (nSPS) is 17.8. The van der Waals surface area contributed by atoms with Crippen LogP contribution in [0.25, 0.3) is 65.2 Å². The van der Waals surface area contributed by atoms with E-state index in [2.05, 4.69) is 92.7 Å². The van der Waals surface area contributed by atoms with Crippen molar-refractivity contribution in [1.82, 2.24) is 4.98 Å². The van der Waals surface area contributed by atoms with Crippen molar-refractivity contribution >= 4 is 65.2 Å². The van der Waals surface area contributed by atoms with Crippen molar-refractivity contribution in [2.75, 3.05) is 0 Å². The highest BCUT2D eigenvalue weighted by atomic mass is 16.3. The van der Waals surface area contributed by atoms with E-state index < -0.39 is 5.89 Å². The Kier molecular flexibility index (Phi) is 4.12. The number of nitrogens with zero attached hydrogens (tertiary/aromatic N) is 1. The smallest absolute Gasteiger partial charge is 0.143 e. The maximum atomic E-state index is 9.77. The monoisotopic (exact) mass is 480 g/mol. The fourth-order valence-electron chi connectivity index (χ4n) is 6.72.